The van der Waals surface area contributed by atoms with Gasteiger partial charge in [-0.3, -0.25) is 0 Å². The molecule has 0 aliphatic carbocycles. The molecule has 0 heterocycles. The Bertz CT molecular complexity index is 389. The number of ether oxygens (including phenoxy) is 5. The Hall–Kier alpha value is -0.520. The van der Waals surface area contributed by atoms with Crippen LogP contribution in [0.15, 0.2) is 0 Å². The van der Waals surface area contributed by atoms with Crippen LogP contribution in [0.2, 0.25) is 0 Å². The van der Waals surface area contributed by atoms with Crippen LogP contribution in [0.25, 0.3) is 0 Å². The number of aliphatic hydroxyl groups excluding tert-OH is 8. The molecule has 31 heavy (non-hydrogen) atoms. The summed E-state index contributed by atoms with van der Waals surface area (Å²) in [5.41, 5.74) is 0. The van der Waals surface area contributed by atoms with Gasteiger partial charge in [0.2, 0.25) is 0 Å². The first-order valence-electron chi connectivity index (χ1n) is 9.98. The molecule has 6 unspecified atom stereocenters. The van der Waals surface area contributed by atoms with E-state index < -0.39 is 56.4 Å². The van der Waals surface area contributed by atoms with Gasteiger partial charge in [0, 0.05) is 0 Å². The lowest BCUT2D eigenvalue weighted by Crippen LogP contribution is -2.35. The summed E-state index contributed by atoms with van der Waals surface area (Å²) in [6.45, 7) is -2.61. The summed E-state index contributed by atoms with van der Waals surface area (Å²) >= 11 is 0. The highest BCUT2D eigenvalue weighted by Crippen LogP contribution is 2.02. The summed E-state index contributed by atoms with van der Waals surface area (Å²) in [5, 5.41) is 73.2. The predicted octanol–water partition coefficient (Wildman–Crippen LogP) is -4.78. The van der Waals surface area contributed by atoms with Gasteiger partial charge in [-0.1, -0.05) is 0 Å². The molecule has 0 aliphatic heterocycles. The van der Waals surface area contributed by atoms with Gasteiger partial charge in [0.05, 0.1) is 79.3 Å². The molecule has 0 aromatic rings. The molecule has 188 valence electrons. The second kappa shape index (κ2) is 20.1. The Balaban J connectivity index is 4.37. The summed E-state index contributed by atoms with van der Waals surface area (Å²) < 4.78 is 26.5. The molecule has 0 aromatic carbocycles. The van der Waals surface area contributed by atoms with E-state index in [0.717, 1.165) is 0 Å². The van der Waals surface area contributed by atoms with Gasteiger partial charge < -0.3 is 64.5 Å². The first kappa shape index (κ1) is 30.5. The molecule has 13 nitrogen and oxygen atoms in total. The van der Waals surface area contributed by atoms with Crippen molar-refractivity contribution in [2.24, 2.45) is 0 Å². The quantitative estimate of drug-likeness (QED) is 0.0761. The average molecular weight is 462 g/mol. The zero-order valence-corrected chi connectivity index (χ0v) is 17.6. The molecule has 0 spiro atoms. The van der Waals surface area contributed by atoms with Crippen molar-refractivity contribution in [1.82, 2.24) is 0 Å². The third-order valence-electron chi connectivity index (χ3n) is 3.73. The fourth-order valence-corrected chi connectivity index (χ4v) is 2.00. The van der Waals surface area contributed by atoms with E-state index in [1.807, 2.05) is 0 Å². The normalized spacial score (nSPS) is 17.8. The van der Waals surface area contributed by atoms with Crippen molar-refractivity contribution in [2.45, 2.75) is 36.6 Å². The predicted molar refractivity (Wildman–Crippen MR) is 104 cm³/mol. The third-order valence-corrected chi connectivity index (χ3v) is 3.73. The maximum atomic E-state index is 9.89. The van der Waals surface area contributed by atoms with E-state index in [2.05, 4.69) is 0 Å². The van der Waals surface area contributed by atoms with Gasteiger partial charge in [0.1, 0.15) is 36.6 Å². The van der Waals surface area contributed by atoms with E-state index in [0.29, 0.717) is 0 Å². The van der Waals surface area contributed by atoms with Crippen LogP contribution >= 0.6 is 0 Å². The summed E-state index contributed by atoms with van der Waals surface area (Å²) in [7, 11) is 0. The van der Waals surface area contributed by atoms with Gasteiger partial charge >= 0.3 is 0 Å². The summed E-state index contributed by atoms with van der Waals surface area (Å²) in [5.74, 6) is 0. The lowest BCUT2D eigenvalue weighted by atomic mass is 10.3. The second-order valence-corrected chi connectivity index (χ2v) is 6.87. The van der Waals surface area contributed by atoms with Gasteiger partial charge in [-0.05, 0) is 0 Å². The molecule has 0 aliphatic rings. The van der Waals surface area contributed by atoms with E-state index in [-0.39, 0.29) is 59.5 Å². The van der Waals surface area contributed by atoms with Gasteiger partial charge in [0.25, 0.3) is 0 Å². The van der Waals surface area contributed by atoms with Gasteiger partial charge in [-0.25, -0.2) is 0 Å². The van der Waals surface area contributed by atoms with Crippen molar-refractivity contribution in [3.8, 4) is 0 Å². The van der Waals surface area contributed by atoms with Crippen LogP contribution in [-0.4, -0.2) is 157 Å². The Labute approximate surface area is 181 Å². The summed E-state index contributed by atoms with van der Waals surface area (Å²) in [4.78, 5) is 0. The smallest absolute Gasteiger partial charge is 0.104 e. The molecular weight excluding hydrogens is 424 g/mol. The van der Waals surface area contributed by atoms with E-state index in [4.69, 9.17) is 39.0 Å². The number of hydrogen-bond donors (Lipinski definition) is 8. The zero-order valence-electron chi connectivity index (χ0n) is 17.6. The lowest BCUT2D eigenvalue weighted by Gasteiger charge is -2.22. The van der Waals surface area contributed by atoms with Crippen LogP contribution in [0.4, 0.5) is 0 Å². The zero-order chi connectivity index (χ0) is 23.5. The average Bonchev–Trinajstić information content (AvgIpc) is 2.78. The van der Waals surface area contributed by atoms with Crippen molar-refractivity contribution in [1.29, 1.82) is 0 Å². The maximum absolute atomic E-state index is 9.89. The Morgan fingerprint density at radius 1 is 0.387 bits per heavy atom. The second-order valence-electron chi connectivity index (χ2n) is 6.87. The van der Waals surface area contributed by atoms with Crippen LogP contribution in [-0.2, 0) is 23.7 Å². The van der Waals surface area contributed by atoms with Crippen molar-refractivity contribution < 1.29 is 64.5 Å². The largest absolute Gasteiger partial charge is 0.394 e. The van der Waals surface area contributed by atoms with Crippen LogP contribution in [0, 0.1) is 0 Å². The minimum absolute atomic E-state index is 0.0194. The van der Waals surface area contributed by atoms with Gasteiger partial charge in [-0.2, -0.15) is 0 Å². The highest BCUT2D eigenvalue weighted by molar-refractivity contribution is 4.63. The molecule has 0 bridgehead atoms. The number of aliphatic hydroxyl groups is 8. The van der Waals surface area contributed by atoms with Crippen LogP contribution in [0.1, 0.15) is 0 Å². The molecule has 0 aromatic heterocycles. The van der Waals surface area contributed by atoms with Crippen molar-refractivity contribution >= 4 is 0 Å². The first-order chi connectivity index (χ1) is 14.9. The van der Waals surface area contributed by atoms with Crippen molar-refractivity contribution in [3.05, 3.63) is 0 Å². The SMILES string of the molecule is OCC(O)COCC(O)COC(COCC(O)CO)COCC(CO)OCC(O)CO. The molecule has 0 saturated heterocycles. The van der Waals surface area contributed by atoms with E-state index in [9.17, 15) is 25.5 Å². The number of rotatable bonds is 22. The molecule has 0 rings (SSSR count). The van der Waals surface area contributed by atoms with Gasteiger partial charge in [0.15, 0.2) is 0 Å². The van der Waals surface area contributed by atoms with Crippen LogP contribution in [0.3, 0.4) is 0 Å². The monoisotopic (exact) mass is 462 g/mol. The first-order valence-corrected chi connectivity index (χ1v) is 9.98. The fourth-order valence-electron chi connectivity index (χ4n) is 2.00. The Morgan fingerprint density at radius 3 is 1.26 bits per heavy atom. The maximum Gasteiger partial charge on any atom is 0.104 e. The van der Waals surface area contributed by atoms with E-state index in [1.165, 1.54) is 0 Å². The van der Waals surface area contributed by atoms with E-state index in [1.54, 1.807) is 0 Å². The van der Waals surface area contributed by atoms with Crippen molar-refractivity contribution in [2.75, 3.05) is 79.3 Å². The highest BCUT2D eigenvalue weighted by atomic mass is 16.6. The van der Waals surface area contributed by atoms with Crippen LogP contribution < -0.4 is 0 Å². The Morgan fingerprint density at radius 2 is 0.742 bits per heavy atom. The minimum atomic E-state index is -1.07. The van der Waals surface area contributed by atoms with Crippen LogP contribution in [0.5, 0.6) is 0 Å². The Kier molecular flexibility index (Phi) is 19.8. The summed E-state index contributed by atoms with van der Waals surface area (Å²) in [6, 6.07) is 0. The molecule has 6 atom stereocenters. The molecule has 0 radical (unpaired) electrons. The van der Waals surface area contributed by atoms with Crippen molar-refractivity contribution in [3.63, 3.8) is 0 Å². The standard InChI is InChI=1S/C18H38O13/c19-1-13(23)5-27-7-16(26)9-31-18(11-28-6-14(24)2-20)12-29-10-17(4-22)30-8-15(25)3-21/h13-26H,1-12H2. The summed E-state index contributed by atoms with van der Waals surface area (Å²) in [6.07, 6.45) is -5.60. The lowest BCUT2D eigenvalue weighted by molar-refractivity contribution is -0.120. The van der Waals surface area contributed by atoms with E-state index >= 15 is 0 Å². The number of hydrogen-bond acceptors (Lipinski definition) is 13. The molecule has 13 heteroatoms. The fraction of sp³-hybridized carbons (Fsp3) is 1.00. The van der Waals surface area contributed by atoms with Gasteiger partial charge in [-0.15, -0.1) is 0 Å². The molecule has 0 fully saturated rings. The highest BCUT2D eigenvalue weighted by Gasteiger charge is 2.17. The third kappa shape index (κ3) is 17.7. The molecular formula is C18H38O13. The topological polar surface area (TPSA) is 208 Å². The molecule has 0 amide bonds. The molecule has 8 N–H and O–H groups in total. The minimum Gasteiger partial charge on any atom is -0.394 e. The molecule has 0 saturated carbocycles.